The molecule has 23 heavy (non-hydrogen) atoms. The number of ether oxygens (including phenoxy) is 1. The van der Waals surface area contributed by atoms with Crippen LogP contribution in [0, 0.1) is 0 Å². The van der Waals surface area contributed by atoms with E-state index in [1.165, 1.54) is 35.7 Å². The van der Waals surface area contributed by atoms with Crippen molar-refractivity contribution in [3.05, 3.63) is 38.7 Å². The third-order valence-corrected chi connectivity index (χ3v) is 3.91. The Morgan fingerprint density at radius 3 is 2.57 bits per heavy atom. The van der Waals surface area contributed by atoms with Gasteiger partial charge in [0.2, 0.25) is 0 Å². The van der Waals surface area contributed by atoms with E-state index in [0.717, 1.165) is 4.57 Å². The fraction of sp³-hybridized carbons (Fsp3) is 0.467. The van der Waals surface area contributed by atoms with Crippen LogP contribution in [-0.2, 0) is 18.8 Å². The molecule has 8 heteroatoms. The topological polar surface area (TPSA) is 86.4 Å². The molecule has 0 N–H and O–H groups in total. The van der Waals surface area contributed by atoms with Gasteiger partial charge in [0, 0.05) is 28.3 Å². The smallest absolute Gasteiger partial charge is 0.332 e. The maximum atomic E-state index is 12.5. The van der Waals surface area contributed by atoms with Gasteiger partial charge in [-0.1, -0.05) is 0 Å². The van der Waals surface area contributed by atoms with Crippen molar-refractivity contribution in [1.82, 2.24) is 19.0 Å². The lowest BCUT2D eigenvalue weighted by Crippen LogP contribution is -2.39. The molecule has 0 saturated heterocycles. The van der Waals surface area contributed by atoms with Gasteiger partial charge in [-0.25, -0.2) is 9.78 Å². The quantitative estimate of drug-likeness (QED) is 0.774. The number of carbonyl (C=O) groups is 1. The fourth-order valence-corrected chi connectivity index (χ4v) is 2.31. The van der Waals surface area contributed by atoms with Crippen molar-refractivity contribution in [2.75, 3.05) is 20.8 Å². The number of hydrogen-bond acceptors (Lipinski definition) is 5. The number of aryl methyl sites for hydroxylation is 1. The molecule has 2 aromatic heterocycles. The monoisotopic (exact) mass is 320 g/mol. The Labute approximate surface area is 132 Å². The van der Waals surface area contributed by atoms with Crippen molar-refractivity contribution in [2.24, 2.45) is 14.1 Å². The van der Waals surface area contributed by atoms with Gasteiger partial charge in [0.15, 0.2) is 0 Å². The molecule has 2 rings (SSSR count). The minimum atomic E-state index is -0.485. The Kier molecular flexibility index (Phi) is 4.65. The van der Waals surface area contributed by atoms with Crippen LogP contribution in [-0.4, -0.2) is 51.7 Å². The normalized spacial score (nSPS) is 12.4. The van der Waals surface area contributed by atoms with Gasteiger partial charge in [0.05, 0.1) is 18.0 Å². The number of amides is 1. The third-order valence-electron chi connectivity index (χ3n) is 3.91. The summed E-state index contributed by atoms with van der Waals surface area (Å²) in [5, 5.41) is 0.291. The van der Waals surface area contributed by atoms with E-state index in [2.05, 4.69) is 4.98 Å². The summed E-state index contributed by atoms with van der Waals surface area (Å²) >= 11 is 0. The fourth-order valence-electron chi connectivity index (χ4n) is 2.31. The van der Waals surface area contributed by atoms with Gasteiger partial charge in [-0.15, -0.1) is 0 Å². The van der Waals surface area contributed by atoms with Crippen molar-refractivity contribution in [3.8, 4) is 0 Å². The first-order valence-electron chi connectivity index (χ1n) is 7.12. The summed E-state index contributed by atoms with van der Waals surface area (Å²) < 4.78 is 7.31. The third kappa shape index (κ3) is 2.89. The molecule has 0 bridgehead atoms. The Bertz CT molecular complexity index is 868. The van der Waals surface area contributed by atoms with E-state index in [1.54, 1.807) is 14.2 Å². The summed E-state index contributed by atoms with van der Waals surface area (Å²) in [6.07, 6.45) is 0. The lowest BCUT2D eigenvalue weighted by atomic mass is 10.2. The molecule has 1 atom stereocenters. The summed E-state index contributed by atoms with van der Waals surface area (Å²) in [5.74, 6) is -0.301. The molecule has 124 valence electrons. The highest BCUT2D eigenvalue weighted by atomic mass is 16.5. The van der Waals surface area contributed by atoms with Gasteiger partial charge in [-0.3, -0.25) is 18.7 Å². The zero-order valence-corrected chi connectivity index (χ0v) is 13.9. The molecular formula is C15H20N4O4. The predicted molar refractivity (Wildman–Crippen MR) is 85.7 cm³/mol. The molecule has 2 heterocycles. The molecule has 0 aliphatic rings. The second kappa shape index (κ2) is 6.33. The molecular weight excluding hydrogens is 300 g/mol. The van der Waals surface area contributed by atoms with E-state index in [1.807, 2.05) is 6.92 Å². The Hall–Kier alpha value is -2.48. The van der Waals surface area contributed by atoms with Crippen LogP contribution in [0.5, 0.6) is 0 Å². The predicted octanol–water partition coefficient (Wildman–Crippen LogP) is -0.261. The van der Waals surface area contributed by atoms with Crippen LogP contribution >= 0.6 is 0 Å². The second-order valence-corrected chi connectivity index (χ2v) is 5.49. The summed E-state index contributed by atoms with van der Waals surface area (Å²) in [4.78, 5) is 42.3. The van der Waals surface area contributed by atoms with E-state index >= 15 is 0 Å². The van der Waals surface area contributed by atoms with Crippen molar-refractivity contribution < 1.29 is 9.53 Å². The number of carbonyl (C=O) groups excluding carboxylic acids is 1. The molecule has 0 aliphatic heterocycles. The van der Waals surface area contributed by atoms with Crippen LogP contribution in [0.1, 0.15) is 17.4 Å². The van der Waals surface area contributed by atoms with E-state index in [9.17, 15) is 14.4 Å². The van der Waals surface area contributed by atoms with Crippen LogP contribution < -0.4 is 11.2 Å². The molecule has 0 aliphatic carbocycles. The van der Waals surface area contributed by atoms with Crippen molar-refractivity contribution in [2.45, 2.75) is 13.0 Å². The number of pyridine rings is 1. The van der Waals surface area contributed by atoms with Crippen molar-refractivity contribution in [1.29, 1.82) is 0 Å². The molecule has 8 nitrogen and oxygen atoms in total. The Morgan fingerprint density at radius 1 is 1.30 bits per heavy atom. The molecule has 0 fully saturated rings. The summed E-state index contributed by atoms with van der Waals surface area (Å²) in [7, 11) is 6.14. The molecule has 2 aromatic rings. The first kappa shape index (κ1) is 16.9. The van der Waals surface area contributed by atoms with Gasteiger partial charge in [0.1, 0.15) is 11.3 Å². The Morgan fingerprint density at radius 2 is 1.96 bits per heavy atom. The summed E-state index contributed by atoms with van der Waals surface area (Å²) in [6, 6.07) is 2.89. The summed E-state index contributed by atoms with van der Waals surface area (Å²) in [6.45, 7) is 2.25. The largest absolute Gasteiger partial charge is 0.383 e. The number of aromatic nitrogens is 3. The van der Waals surface area contributed by atoms with Crippen LogP contribution in [0.15, 0.2) is 21.7 Å². The zero-order valence-electron chi connectivity index (χ0n) is 13.9. The van der Waals surface area contributed by atoms with Crippen LogP contribution in [0.25, 0.3) is 11.0 Å². The van der Waals surface area contributed by atoms with E-state index in [4.69, 9.17) is 4.74 Å². The standard InChI is InChI=1S/C15H20N4O4/c1-9(8-23-5)17(2)14(21)11-7-6-10-12(16-11)18(3)15(22)19(4)13(10)20/h6-7,9H,8H2,1-5H3/t9-/m1/s1. The number of likely N-dealkylation sites (N-methyl/N-ethyl adjacent to an activating group) is 1. The van der Waals surface area contributed by atoms with Crippen LogP contribution in [0.3, 0.4) is 0 Å². The molecule has 0 saturated carbocycles. The molecule has 0 unspecified atom stereocenters. The maximum Gasteiger partial charge on any atom is 0.332 e. The Balaban J connectivity index is 2.55. The van der Waals surface area contributed by atoms with Gasteiger partial charge in [-0.2, -0.15) is 0 Å². The number of methoxy groups -OCH3 is 1. The average Bonchev–Trinajstić information content (AvgIpc) is 2.56. The van der Waals surface area contributed by atoms with Crippen LogP contribution in [0.4, 0.5) is 0 Å². The van der Waals surface area contributed by atoms with E-state index in [-0.39, 0.29) is 23.3 Å². The number of fused-ring (bicyclic) bond motifs is 1. The van der Waals surface area contributed by atoms with Gasteiger partial charge in [-0.05, 0) is 19.1 Å². The lowest BCUT2D eigenvalue weighted by molar-refractivity contribution is 0.0628. The molecule has 1 amide bonds. The van der Waals surface area contributed by atoms with Crippen molar-refractivity contribution in [3.63, 3.8) is 0 Å². The first-order valence-corrected chi connectivity index (χ1v) is 7.12. The molecule has 0 radical (unpaired) electrons. The average molecular weight is 320 g/mol. The van der Waals surface area contributed by atoms with E-state index < -0.39 is 11.2 Å². The van der Waals surface area contributed by atoms with Crippen LogP contribution in [0.2, 0.25) is 0 Å². The second-order valence-electron chi connectivity index (χ2n) is 5.49. The van der Waals surface area contributed by atoms with Gasteiger partial charge < -0.3 is 9.64 Å². The highest BCUT2D eigenvalue weighted by molar-refractivity contribution is 5.94. The number of nitrogens with zero attached hydrogens (tertiary/aromatic N) is 4. The minimum absolute atomic E-state index is 0.127. The van der Waals surface area contributed by atoms with Crippen molar-refractivity contribution >= 4 is 16.9 Å². The highest BCUT2D eigenvalue weighted by Gasteiger charge is 2.20. The molecule has 0 spiro atoms. The molecule has 0 aromatic carbocycles. The number of rotatable bonds is 4. The van der Waals surface area contributed by atoms with Gasteiger partial charge >= 0.3 is 5.69 Å². The lowest BCUT2D eigenvalue weighted by Gasteiger charge is -2.24. The number of hydrogen-bond donors (Lipinski definition) is 0. The summed E-state index contributed by atoms with van der Waals surface area (Å²) in [5.41, 5.74) is -0.556. The highest BCUT2D eigenvalue weighted by Crippen LogP contribution is 2.09. The first-order chi connectivity index (χ1) is 10.8. The van der Waals surface area contributed by atoms with E-state index in [0.29, 0.717) is 12.0 Å². The maximum absolute atomic E-state index is 12.5. The van der Waals surface area contributed by atoms with Gasteiger partial charge in [0.25, 0.3) is 11.5 Å². The minimum Gasteiger partial charge on any atom is -0.383 e. The SMILES string of the molecule is COC[C@@H](C)N(C)C(=O)c1ccc2c(=O)n(C)c(=O)n(C)c2n1. The zero-order chi connectivity index (χ0) is 17.3.